The Morgan fingerprint density at radius 3 is 3.10 bits per heavy atom. The molecule has 1 fully saturated rings. The van der Waals surface area contributed by atoms with Gasteiger partial charge in [0.25, 0.3) is 0 Å². The molecule has 0 aliphatic carbocycles. The van der Waals surface area contributed by atoms with E-state index in [1.54, 1.807) is 0 Å². The second-order valence-corrected chi connectivity index (χ2v) is 6.34. The molecule has 2 heterocycles. The van der Waals surface area contributed by atoms with E-state index in [1.807, 2.05) is 18.2 Å². The number of benzene rings is 1. The van der Waals surface area contributed by atoms with Crippen LogP contribution in [0.3, 0.4) is 0 Å². The standard InChI is InChI=1S/C16H22N2O3/c1-16(2)9-11-7-12(3-4-14(11)21-16)18-15(19)8-13-10-20-6-5-17-13/h3-4,7,13,17H,5-6,8-10H2,1-2H3,(H,18,19). The van der Waals surface area contributed by atoms with Crippen molar-refractivity contribution in [1.82, 2.24) is 5.32 Å². The minimum atomic E-state index is -0.158. The van der Waals surface area contributed by atoms with Crippen LogP contribution in [0.15, 0.2) is 18.2 Å². The number of carbonyl (C=O) groups excluding carboxylic acids is 1. The summed E-state index contributed by atoms with van der Waals surface area (Å²) in [5, 5.41) is 6.24. The highest BCUT2D eigenvalue weighted by atomic mass is 16.5. The molecule has 3 rings (SSSR count). The highest BCUT2D eigenvalue weighted by Crippen LogP contribution is 2.36. The average molecular weight is 290 g/mol. The van der Waals surface area contributed by atoms with E-state index in [-0.39, 0.29) is 17.6 Å². The third kappa shape index (κ3) is 3.54. The number of nitrogens with one attached hydrogen (secondary N) is 2. The molecule has 0 bridgehead atoms. The van der Waals surface area contributed by atoms with E-state index in [4.69, 9.17) is 9.47 Å². The van der Waals surface area contributed by atoms with E-state index in [1.165, 1.54) is 0 Å². The normalized spacial score (nSPS) is 23.2. The minimum Gasteiger partial charge on any atom is -0.487 e. The molecule has 5 nitrogen and oxygen atoms in total. The maximum Gasteiger partial charge on any atom is 0.226 e. The third-order valence-corrected chi connectivity index (χ3v) is 3.78. The van der Waals surface area contributed by atoms with Crippen molar-refractivity contribution >= 4 is 11.6 Å². The van der Waals surface area contributed by atoms with Gasteiger partial charge in [-0.05, 0) is 32.0 Å². The van der Waals surface area contributed by atoms with E-state index in [0.29, 0.717) is 13.0 Å². The smallest absolute Gasteiger partial charge is 0.226 e. The van der Waals surface area contributed by atoms with Crippen molar-refractivity contribution in [2.24, 2.45) is 0 Å². The number of morpholine rings is 1. The van der Waals surface area contributed by atoms with Crippen LogP contribution in [0, 0.1) is 0 Å². The number of amides is 1. The molecule has 0 aromatic heterocycles. The van der Waals surface area contributed by atoms with Crippen LogP contribution in [0.2, 0.25) is 0 Å². The maximum absolute atomic E-state index is 12.1. The van der Waals surface area contributed by atoms with E-state index in [9.17, 15) is 4.79 Å². The molecule has 2 N–H and O–H groups in total. The lowest BCUT2D eigenvalue weighted by molar-refractivity contribution is -0.117. The number of rotatable bonds is 3. The number of hydrogen-bond acceptors (Lipinski definition) is 4. The maximum atomic E-state index is 12.1. The number of carbonyl (C=O) groups is 1. The first-order valence-corrected chi connectivity index (χ1v) is 7.45. The SMILES string of the molecule is CC1(C)Cc2cc(NC(=O)CC3COCCN3)ccc2O1. The van der Waals surface area contributed by atoms with Gasteiger partial charge in [-0.3, -0.25) is 4.79 Å². The molecule has 21 heavy (non-hydrogen) atoms. The molecule has 0 spiro atoms. The summed E-state index contributed by atoms with van der Waals surface area (Å²) in [7, 11) is 0. The zero-order valence-corrected chi connectivity index (χ0v) is 12.6. The van der Waals surface area contributed by atoms with Crippen LogP contribution in [0.1, 0.15) is 25.8 Å². The average Bonchev–Trinajstić information content (AvgIpc) is 2.73. The van der Waals surface area contributed by atoms with Crippen LogP contribution in [0.25, 0.3) is 0 Å². The molecule has 1 unspecified atom stereocenters. The Hall–Kier alpha value is -1.59. The van der Waals surface area contributed by atoms with Crippen molar-refractivity contribution in [1.29, 1.82) is 0 Å². The Balaban J connectivity index is 1.59. The Morgan fingerprint density at radius 2 is 2.33 bits per heavy atom. The number of hydrogen-bond donors (Lipinski definition) is 2. The molecular formula is C16H22N2O3. The fourth-order valence-corrected chi connectivity index (χ4v) is 2.87. The predicted molar refractivity (Wildman–Crippen MR) is 80.7 cm³/mol. The highest BCUT2D eigenvalue weighted by Gasteiger charge is 2.30. The van der Waals surface area contributed by atoms with Gasteiger partial charge >= 0.3 is 0 Å². The largest absolute Gasteiger partial charge is 0.487 e. The second-order valence-electron chi connectivity index (χ2n) is 6.34. The van der Waals surface area contributed by atoms with Gasteiger partial charge in [-0.1, -0.05) is 0 Å². The van der Waals surface area contributed by atoms with Crippen LogP contribution in [0.5, 0.6) is 5.75 Å². The van der Waals surface area contributed by atoms with Crippen molar-refractivity contribution in [3.63, 3.8) is 0 Å². The molecule has 1 atom stereocenters. The number of fused-ring (bicyclic) bond motifs is 1. The molecule has 5 heteroatoms. The summed E-state index contributed by atoms with van der Waals surface area (Å²) in [5.41, 5.74) is 1.82. The molecule has 0 radical (unpaired) electrons. The predicted octanol–water partition coefficient (Wildman–Crippen LogP) is 1.72. The molecular weight excluding hydrogens is 268 g/mol. The van der Waals surface area contributed by atoms with Gasteiger partial charge in [0.2, 0.25) is 5.91 Å². The highest BCUT2D eigenvalue weighted by molar-refractivity contribution is 5.91. The molecule has 1 amide bonds. The molecule has 114 valence electrons. The summed E-state index contributed by atoms with van der Waals surface area (Å²) in [4.78, 5) is 12.1. The van der Waals surface area contributed by atoms with Gasteiger partial charge in [-0.15, -0.1) is 0 Å². The first-order valence-electron chi connectivity index (χ1n) is 7.45. The third-order valence-electron chi connectivity index (χ3n) is 3.78. The Kier molecular flexibility index (Phi) is 3.87. The number of anilines is 1. The summed E-state index contributed by atoms with van der Waals surface area (Å²) in [5.74, 6) is 0.927. The van der Waals surface area contributed by atoms with Gasteiger partial charge in [0.1, 0.15) is 11.4 Å². The van der Waals surface area contributed by atoms with Crippen LogP contribution in [0.4, 0.5) is 5.69 Å². The summed E-state index contributed by atoms with van der Waals surface area (Å²) in [6, 6.07) is 5.94. The van der Waals surface area contributed by atoms with Gasteiger partial charge in [0.05, 0.1) is 13.2 Å². The summed E-state index contributed by atoms with van der Waals surface area (Å²) < 4.78 is 11.2. The monoisotopic (exact) mass is 290 g/mol. The Labute approximate surface area is 125 Å². The van der Waals surface area contributed by atoms with Crippen molar-refractivity contribution < 1.29 is 14.3 Å². The van der Waals surface area contributed by atoms with E-state index >= 15 is 0 Å². The van der Waals surface area contributed by atoms with Crippen LogP contribution < -0.4 is 15.4 Å². The first-order chi connectivity index (χ1) is 10.0. The molecule has 0 saturated carbocycles. The van der Waals surface area contributed by atoms with Crippen molar-refractivity contribution in [3.05, 3.63) is 23.8 Å². The van der Waals surface area contributed by atoms with Crippen LogP contribution in [-0.2, 0) is 16.0 Å². The van der Waals surface area contributed by atoms with E-state index in [0.717, 1.165) is 36.6 Å². The van der Waals surface area contributed by atoms with Gasteiger partial charge < -0.3 is 20.1 Å². The molecule has 1 aromatic carbocycles. The lowest BCUT2D eigenvalue weighted by Gasteiger charge is -2.23. The molecule has 1 aromatic rings. The van der Waals surface area contributed by atoms with E-state index in [2.05, 4.69) is 24.5 Å². The molecule has 2 aliphatic heterocycles. The van der Waals surface area contributed by atoms with Crippen LogP contribution in [-0.4, -0.2) is 37.3 Å². The van der Waals surface area contributed by atoms with Gasteiger partial charge in [0.15, 0.2) is 0 Å². The van der Waals surface area contributed by atoms with Gasteiger partial charge in [-0.25, -0.2) is 0 Å². The summed E-state index contributed by atoms with van der Waals surface area (Å²) >= 11 is 0. The topological polar surface area (TPSA) is 59.6 Å². The fourth-order valence-electron chi connectivity index (χ4n) is 2.87. The Bertz CT molecular complexity index is 536. The lowest BCUT2D eigenvalue weighted by atomic mass is 10.0. The van der Waals surface area contributed by atoms with Gasteiger partial charge in [-0.2, -0.15) is 0 Å². The van der Waals surface area contributed by atoms with Crippen molar-refractivity contribution in [2.45, 2.75) is 38.3 Å². The lowest BCUT2D eigenvalue weighted by Crippen LogP contribution is -2.43. The fraction of sp³-hybridized carbons (Fsp3) is 0.562. The van der Waals surface area contributed by atoms with Crippen LogP contribution >= 0.6 is 0 Å². The zero-order valence-electron chi connectivity index (χ0n) is 12.6. The van der Waals surface area contributed by atoms with Crippen molar-refractivity contribution in [3.8, 4) is 5.75 Å². The summed E-state index contributed by atoms with van der Waals surface area (Å²) in [6.45, 7) is 6.27. The summed E-state index contributed by atoms with van der Waals surface area (Å²) in [6.07, 6.45) is 1.29. The number of ether oxygens (including phenoxy) is 2. The Morgan fingerprint density at radius 1 is 1.48 bits per heavy atom. The molecule has 1 saturated heterocycles. The minimum absolute atomic E-state index is 0.0103. The van der Waals surface area contributed by atoms with Crippen molar-refractivity contribution in [2.75, 3.05) is 25.1 Å². The van der Waals surface area contributed by atoms with Gasteiger partial charge in [0, 0.05) is 36.7 Å². The zero-order chi connectivity index (χ0) is 14.9. The second kappa shape index (κ2) is 5.66. The quantitative estimate of drug-likeness (QED) is 0.890. The molecule has 2 aliphatic rings. The van der Waals surface area contributed by atoms with E-state index < -0.39 is 0 Å². The first kappa shape index (κ1) is 14.4.